The predicted molar refractivity (Wildman–Crippen MR) is 119 cm³/mol. The van der Waals surface area contributed by atoms with E-state index in [1.807, 2.05) is 98.9 Å². The normalized spacial score (nSPS) is 12.2. The van der Waals surface area contributed by atoms with Gasteiger partial charge < -0.3 is 14.7 Å². The first-order valence-corrected chi connectivity index (χ1v) is 9.84. The Hall–Kier alpha value is -3.11. The van der Waals surface area contributed by atoms with Gasteiger partial charge >= 0.3 is 0 Å². The van der Waals surface area contributed by atoms with E-state index in [4.69, 9.17) is 4.74 Å². The zero-order valence-electron chi connectivity index (χ0n) is 17.5. The molecule has 150 valence electrons. The number of hydrogen-bond donors (Lipinski definition) is 1. The number of rotatable bonds is 7. The maximum absolute atomic E-state index is 10.7. The van der Waals surface area contributed by atoms with E-state index in [0.29, 0.717) is 5.75 Å². The molecule has 0 aromatic heterocycles. The van der Waals surface area contributed by atoms with Crippen LogP contribution in [0.15, 0.2) is 71.7 Å². The monoisotopic (exact) mass is 388 g/mol. The van der Waals surface area contributed by atoms with Crippen LogP contribution in [-0.4, -0.2) is 29.9 Å². The molecule has 0 aliphatic heterocycles. The molecule has 0 aliphatic carbocycles. The molecule has 1 atom stereocenters. The molecule has 4 nitrogen and oxygen atoms in total. The molecule has 3 rings (SSSR count). The fourth-order valence-corrected chi connectivity index (χ4v) is 2.97. The fourth-order valence-electron chi connectivity index (χ4n) is 2.97. The standard InChI is InChI=1S/C25H28N2O2/c1-5-27(4)17-26-23-14-19(3)24(15-18(23)2)29-22-13-9-12-21(16-22)25(28)20-10-7-6-8-11-20/h6-17,25,28H,5H2,1-4H3/b26-17+. The summed E-state index contributed by atoms with van der Waals surface area (Å²) in [6.07, 6.45) is 1.16. The minimum Gasteiger partial charge on any atom is -0.457 e. The summed E-state index contributed by atoms with van der Waals surface area (Å²) in [7, 11) is 2.00. The van der Waals surface area contributed by atoms with E-state index < -0.39 is 6.10 Å². The van der Waals surface area contributed by atoms with E-state index >= 15 is 0 Å². The Morgan fingerprint density at radius 2 is 1.69 bits per heavy atom. The molecule has 0 saturated heterocycles. The van der Waals surface area contributed by atoms with E-state index in [0.717, 1.165) is 40.2 Å². The zero-order valence-corrected chi connectivity index (χ0v) is 17.5. The van der Waals surface area contributed by atoms with Gasteiger partial charge in [-0.2, -0.15) is 0 Å². The van der Waals surface area contributed by atoms with Crippen molar-refractivity contribution in [3.05, 3.63) is 89.0 Å². The van der Waals surface area contributed by atoms with Gasteiger partial charge in [0.1, 0.15) is 17.6 Å². The van der Waals surface area contributed by atoms with E-state index in [2.05, 4.69) is 11.9 Å². The van der Waals surface area contributed by atoms with Crippen LogP contribution in [0.5, 0.6) is 11.5 Å². The Balaban J connectivity index is 1.81. The lowest BCUT2D eigenvalue weighted by Crippen LogP contribution is -2.14. The van der Waals surface area contributed by atoms with Crippen molar-refractivity contribution in [2.24, 2.45) is 4.99 Å². The number of aliphatic hydroxyl groups is 1. The number of nitrogens with zero attached hydrogens (tertiary/aromatic N) is 2. The van der Waals surface area contributed by atoms with E-state index in [1.54, 1.807) is 0 Å². The first-order valence-electron chi connectivity index (χ1n) is 9.84. The van der Waals surface area contributed by atoms with Crippen molar-refractivity contribution in [3.63, 3.8) is 0 Å². The Morgan fingerprint density at radius 1 is 0.966 bits per heavy atom. The first-order chi connectivity index (χ1) is 14.0. The van der Waals surface area contributed by atoms with Crippen molar-refractivity contribution in [1.29, 1.82) is 0 Å². The van der Waals surface area contributed by atoms with Gasteiger partial charge in [-0.1, -0.05) is 42.5 Å². The summed E-state index contributed by atoms with van der Waals surface area (Å²) >= 11 is 0. The van der Waals surface area contributed by atoms with Crippen LogP contribution in [-0.2, 0) is 0 Å². The molecule has 0 heterocycles. The average Bonchev–Trinajstić information content (AvgIpc) is 2.75. The third kappa shape index (κ3) is 5.24. The minimum atomic E-state index is -0.685. The number of aryl methyl sites for hydroxylation is 2. The smallest absolute Gasteiger partial charge is 0.130 e. The van der Waals surface area contributed by atoms with Crippen LogP contribution in [0.1, 0.15) is 35.3 Å². The Labute approximate surface area is 173 Å². The molecule has 0 amide bonds. The third-order valence-electron chi connectivity index (χ3n) is 4.90. The van der Waals surface area contributed by atoms with E-state index in [9.17, 15) is 5.11 Å². The maximum Gasteiger partial charge on any atom is 0.130 e. The van der Waals surface area contributed by atoms with Gasteiger partial charge in [-0.15, -0.1) is 0 Å². The highest BCUT2D eigenvalue weighted by Gasteiger charge is 2.12. The zero-order chi connectivity index (χ0) is 20.8. The predicted octanol–water partition coefficient (Wildman–Crippen LogP) is 5.79. The molecular weight excluding hydrogens is 360 g/mol. The molecule has 0 fully saturated rings. The number of aliphatic imine (C=N–C) groups is 1. The fraction of sp³-hybridized carbons (Fsp3) is 0.240. The Kier molecular flexibility index (Phi) is 6.68. The van der Waals surface area contributed by atoms with Crippen LogP contribution in [0.25, 0.3) is 0 Å². The van der Waals surface area contributed by atoms with Gasteiger partial charge in [0.25, 0.3) is 0 Å². The second-order valence-corrected chi connectivity index (χ2v) is 7.21. The molecule has 0 radical (unpaired) electrons. The molecule has 1 N–H and O–H groups in total. The molecule has 3 aromatic carbocycles. The molecule has 3 aromatic rings. The molecule has 4 heteroatoms. The van der Waals surface area contributed by atoms with Crippen LogP contribution in [0.3, 0.4) is 0 Å². The summed E-state index contributed by atoms with van der Waals surface area (Å²) in [4.78, 5) is 6.60. The highest BCUT2D eigenvalue weighted by Crippen LogP contribution is 2.33. The van der Waals surface area contributed by atoms with E-state index in [1.165, 1.54) is 0 Å². The van der Waals surface area contributed by atoms with Crippen molar-refractivity contribution in [3.8, 4) is 11.5 Å². The summed E-state index contributed by atoms with van der Waals surface area (Å²) in [5.41, 5.74) is 4.65. The maximum atomic E-state index is 10.7. The van der Waals surface area contributed by atoms with Gasteiger partial charge in [0, 0.05) is 13.6 Å². The molecule has 29 heavy (non-hydrogen) atoms. The molecule has 1 unspecified atom stereocenters. The van der Waals surface area contributed by atoms with Crippen molar-refractivity contribution in [2.75, 3.05) is 13.6 Å². The second kappa shape index (κ2) is 9.39. The molecule has 0 bridgehead atoms. The quantitative estimate of drug-likeness (QED) is 0.412. The Bertz CT molecular complexity index is 983. The average molecular weight is 389 g/mol. The van der Waals surface area contributed by atoms with Crippen molar-refractivity contribution in [1.82, 2.24) is 4.90 Å². The lowest BCUT2D eigenvalue weighted by molar-refractivity contribution is 0.220. The SMILES string of the molecule is CCN(C)/C=N/c1cc(C)c(Oc2cccc(C(O)c3ccccc3)c2)cc1C. The number of benzene rings is 3. The first kappa shape index (κ1) is 20.6. The van der Waals surface area contributed by atoms with Crippen molar-refractivity contribution in [2.45, 2.75) is 26.9 Å². The highest BCUT2D eigenvalue weighted by atomic mass is 16.5. The summed E-state index contributed by atoms with van der Waals surface area (Å²) in [6, 6.07) is 21.3. The van der Waals surface area contributed by atoms with Crippen LogP contribution in [0, 0.1) is 13.8 Å². The highest BCUT2D eigenvalue weighted by molar-refractivity contribution is 5.64. The molecular formula is C25H28N2O2. The summed E-state index contributed by atoms with van der Waals surface area (Å²) in [6.45, 7) is 7.04. The van der Waals surface area contributed by atoms with Crippen molar-refractivity contribution >= 4 is 12.0 Å². The van der Waals surface area contributed by atoms with Crippen LogP contribution < -0.4 is 4.74 Å². The number of hydrogen-bond acceptors (Lipinski definition) is 3. The molecule has 0 spiro atoms. The third-order valence-corrected chi connectivity index (χ3v) is 4.90. The minimum absolute atomic E-state index is 0.685. The van der Waals surface area contributed by atoms with Crippen LogP contribution >= 0.6 is 0 Å². The second-order valence-electron chi connectivity index (χ2n) is 7.21. The summed E-state index contributed by atoms with van der Waals surface area (Å²) in [5.74, 6) is 1.48. The van der Waals surface area contributed by atoms with Crippen LogP contribution in [0.2, 0.25) is 0 Å². The summed E-state index contributed by atoms with van der Waals surface area (Å²) < 4.78 is 6.15. The Morgan fingerprint density at radius 3 is 2.41 bits per heavy atom. The molecule has 0 aliphatic rings. The van der Waals surface area contributed by atoms with Gasteiger partial charge in [0.2, 0.25) is 0 Å². The molecule has 0 saturated carbocycles. The largest absolute Gasteiger partial charge is 0.457 e. The van der Waals surface area contributed by atoms with Gasteiger partial charge in [0.05, 0.1) is 12.0 Å². The van der Waals surface area contributed by atoms with Crippen molar-refractivity contribution < 1.29 is 9.84 Å². The number of ether oxygens (including phenoxy) is 1. The van der Waals surface area contributed by atoms with Gasteiger partial charge in [-0.25, -0.2) is 4.99 Å². The van der Waals surface area contributed by atoms with Gasteiger partial charge in [0.15, 0.2) is 0 Å². The van der Waals surface area contributed by atoms with E-state index in [-0.39, 0.29) is 0 Å². The lowest BCUT2D eigenvalue weighted by atomic mass is 10.0. The van der Waals surface area contributed by atoms with Gasteiger partial charge in [-0.05, 0) is 67.3 Å². The van der Waals surface area contributed by atoms with Gasteiger partial charge in [-0.3, -0.25) is 0 Å². The summed E-state index contributed by atoms with van der Waals surface area (Å²) in [5, 5.41) is 10.7. The topological polar surface area (TPSA) is 45.1 Å². The number of aliphatic hydroxyl groups excluding tert-OH is 1. The van der Waals surface area contributed by atoms with Crippen LogP contribution in [0.4, 0.5) is 5.69 Å². The lowest BCUT2D eigenvalue weighted by Gasteiger charge is -2.15.